The molecule has 1 heterocycles. The zero-order valence-corrected chi connectivity index (χ0v) is 11.1. The third-order valence-electron chi connectivity index (χ3n) is 2.33. The molecular weight excluding hydrogens is 222 g/mol. The summed E-state index contributed by atoms with van der Waals surface area (Å²) in [7, 11) is 0. The molecule has 0 saturated carbocycles. The van der Waals surface area contributed by atoms with E-state index in [1.165, 1.54) is 11.5 Å². The summed E-state index contributed by atoms with van der Waals surface area (Å²) in [6.07, 6.45) is 1.12. The molecule has 16 heavy (non-hydrogen) atoms. The topological polar surface area (TPSA) is 60.2 Å². The summed E-state index contributed by atoms with van der Waals surface area (Å²) in [5.41, 5.74) is 6.69. The number of nitrogen functional groups attached to an aromatic ring is 1. The highest BCUT2D eigenvalue weighted by Gasteiger charge is 2.05. The van der Waals surface area contributed by atoms with E-state index in [0.717, 1.165) is 36.7 Å². The number of rotatable bonds is 7. The minimum absolute atomic E-state index is 0.619. The lowest BCUT2D eigenvalue weighted by atomic mass is 10.1. The molecule has 0 aliphatic rings. The summed E-state index contributed by atoms with van der Waals surface area (Å²) >= 11 is 1.40. The molecule has 0 aliphatic heterocycles. The van der Waals surface area contributed by atoms with Gasteiger partial charge in [-0.3, -0.25) is 0 Å². The second-order valence-electron chi connectivity index (χ2n) is 4.24. The Labute approximate surface area is 101 Å². The van der Waals surface area contributed by atoms with Gasteiger partial charge in [-0.05, 0) is 30.8 Å². The maximum atomic E-state index is 5.65. The first-order chi connectivity index (χ1) is 7.61. The average Bonchev–Trinajstić information content (AvgIpc) is 2.54. The van der Waals surface area contributed by atoms with Gasteiger partial charge in [0, 0.05) is 18.7 Å². The fraction of sp³-hybridized carbons (Fsp3) is 0.727. The zero-order chi connectivity index (χ0) is 12.0. The maximum Gasteiger partial charge on any atom is 0.142 e. The first-order valence-corrected chi connectivity index (χ1v) is 6.42. The second-order valence-corrected chi connectivity index (χ2v) is 5.02. The zero-order valence-electron chi connectivity index (χ0n) is 10.2. The molecular formula is C11H21N3OS. The number of aromatic nitrogens is 1. The van der Waals surface area contributed by atoms with Crippen molar-refractivity contribution in [2.75, 3.05) is 30.8 Å². The molecule has 92 valence electrons. The van der Waals surface area contributed by atoms with Crippen molar-refractivity contribution in [3.63, 3.8) is 0 Å². The fourth-order valence-corrected chi connectivity index (χ4v) is 1.91. The number of hydrogen-bond donors (Lipinski definition) is 2. The van der Waals surface area contributed by atoms with Crippen LogP contribution in [0.3, 0.4) is 0 Å². The molecule has 1 rings (SSSR count). The van der Waals surface area contributed by atoms with Crippen molar-refractivity contribution in [2.24, 2.45) is 5.92 Å². The molecule has 1 aromatic rings. The minimum Gasteiger partial charge on any atom is -0.383 e. The number of nitrogens with two attached hydrogens (primary N) is 1. The average molecular weight is 243 g/mol. The number of nitrogens with zero attached hydrogens (tertiary/aromatic N) is 1. The molecule has 0 radical (unpaired) electrons. The van der Waals surface area contributed by atoms with Crippen molar-refractivity contribution < 1.29 is 4.74 Å². The van der Waals surface area contributed by atoms with Gasteiger partial charge in [0.05, 0.1) is 6.61 Å². The molecule has 0 atom stereocenters. The lowest BCUT2D eigenvalue weighted by Crippen LogP contribution is -2.10. The van der Waals surface area contributed by atoms with Crippen LogP contribution in [-0.2, 0) is 4.74 Å². The predicted molar refractivity (Wildman–Crippen MR) is 70.0 cm³/mol. The molecule has 0 unspecified atom stereocenters. The van der Waals surface area contributed by atoms with Crippen LogP contribution in [0.1, 0.15) is 25.8 Å². The molecule has 0 aromatic carbocycles. The SMILES string of the molecule is Cc1c(N)nsc1NCCOCCC(C)C. The van der Waals surface area contributed by atoms with Gasteiger partial charge in [-0.15, -0.1) is 0 Å². The van der Waals surface area contributed by atoms with Crippen LogP contribution in [0.4, 0.5) is 10.8 Å². The van der Waals surface area contributed by atoms with Crippen LogP contribution in [0.2, 0.25) is 0 Å². The van der Waals surface area contributed by atoms with E-state index in [1.54, 1.807) is 0 Å². The van der Waals surface area contributed by atoms with Crippen LogP contribution >= 0.6 is 11.5 Å². The molecule has 5 heteroatoms. The van der Waals surface area contributed by atoms with E-state index < -0.39 is 0 Å². The second kappa shape index (κ2) is 6.70. The molecule has 0 spiro atoms. The number of nitrogens with one attached hydrogen (secondary N) is 1. The third kappa shape index (κ3) is 4.37. The van der Waals surface area contributed by atoms with Crippen molar-refractivity contribution in [3.05, 3.63) is 5.56 Å². The number of ether oxygens (including phenoxy) is 1. The first-order valence-electron chi connectivity index (χ1n) is 5.64. The highest BCUT2D eigenvalue weighted by atomic mass is 32.1. The molecule has 0 amide bonds. The Kier molecular flexibility index (Phi) is 5.55. The van der Waals surface area contributed by atoms with Crippen LogP contribution in [-0.4, -0.2) is 24.1 Å². The van der Waals surface area contributed by atoms with Gasteiger partial charge in [-0.1, -0.05) is 13.8 Å². The lowest BCUT2D eigenvalue weighted by Gasteiger charge is -2.07. The number of hydrogen-bond acceptors (Lipinski definition) is 5. The van der Waals surface area contributed by atoms with Crippen LogP contribution in [0.5, 0.6) is 0 Å². The van der Waals surface area contributed by atoms with Gasteiger partial charge in [-0.2, -0.15) is 4.37 Å². The van der Waals surface area contributed by atoms with E-state index in [1.807, 2.05) is 6.92 Å². The molecule has 4 nitrogen and oxygen atoms in total. The van der Waals surface area contributed by atoms with Crippen LogP contribution in [0, 0.1) is 12.8 Å². The summed E-state index contributed by atoms with van der Waals surface area (Å²) in [5.74, 6) is 1.32. The van der Waals surface area contributed by atoms with E-state index in [0.29, 0.717) is 11.7 Å². The van der Waals surface area contributed by atoms with Crippen molar-refractivity contribution in [1.82, 2.24) is 4.37 Å². The van der Waals surface area contributed by atoms with Crippen molar-refractivity contribution in [1.29, 1.82) is 0 Å². The van der Waals surface area contributed by atoms with Gasteiger partial charge in [0.15, 0.2) is 0 Å². The largest absolute Gasteiger partial charge is 0.383 e. The van der Waals surface area contributed by atoms with Crippen LogP contribution < -0.4 is 11.1 Å². The Bertz CT molecular complexity index is 312. The molecule has 0 aliphatic carbocycles. The predicted octanol–water partition coefficient (Wildman–Crippen LogP) is 2.51. The van der Waals surface area contributed by atoms with E-state index >= 15 is 0 Å². The quantitative estimate of drug-likeness (QED) is 0.722. The Balaban J connectivity index is 2.10. The standard InChI is InChI=1S/C11H21N3OS/c1-8(2)4-6-15-7-5-13-11-9(3)10(12)14-16-11/h8,13H,4-7H2,1-3H3,(H2,12,14). The van der Waals surface area contributed by atoms with E-state index in [4.69, 9.17) is 10.5 Å². The smallest absolute Gasteiger partial charge is 0.142 e. The van der Waals surface area contributed by atoms with Crippen LogP contribution in [0.25, 0.3) is 0 Å². The van der Waals surface area contributed by atoms with Gasteiger partial charge < -0.3 is 15.8 Å². The van der Waals surface area contributed by atoms with E-state index in [2.05, 4.69) is 23.5 Å². The fourth-order valence-electron chi connectivity index (χ4n) is 1.17. The molecule has 0 saturated heterocycles. The van der Waals surface area contributed by atoms with Gasteiger partial charge in [-0.25, -0.2) is 0 Å². The van der Waals surface area contributed by atoms with Crippen molar-refractivity contribution in [2.45, 2.75) is 27.2 Å². The van der Waals surface area contributed by atoms with Gasteiger partial charge in [0.1, 0.15) is 10.8 Å². The lowest BCUT2D eigenvalue weighted by molar-refractivity contribution is 0.133. The summed E-state index contributed by atoms with van der Waals surface area (Å²) in [6.45, 7) is 8.74. The monoisotopic (exact) mass is 243 g/mol. The summed E-state index contributed by atoms with van der Waals surface area (Å²) in [6, 6.07) is 0. The first kappa shape index (κ1) is 13.3. The minimum atomic E-state index is 0.619. The van der Waals surface area contributed by atoms with E-state index in [9.17, 15) is 0 Å². The Morgan fingerprint density at radius 3 is 2.75 bits per heavy atom. The third-order valence-corrected chi connectivity index (χ3v) is 3.25. The highest BCUT2D eigenvalue weighted by molar-refractivity contribution is 7.10. The molecule has 1 aromatic heterocycles. The van der Waals surface area contributed by atoms with Crippen molar-refractivity contribution >= 4 is 22.4 Å². The normalized spacial score (nSPS) is 11.0. The Hall–Kier alpha value is -0.810. The Morgan fingerprint density at radius 1 is 1.44 bits per heavy atom. The Morgan fingerprint density at radius 2 is 2.19 bits per heavy atom. The van der Waals surface area contributed by atoms with Crippen molar-refractivity contribution in [3.8, 4) is 0 Å². The molecule has 3 N–H and O–H groups in total. The highest BCUT2D eigenvalue weighted by Crippen LogP contribution is 2.24. The molecule has 0 fully saturated rings. The summed E-state index contributed by atoms with van der Waals surface area (Å²) < 4.78 is 9.57. The van der Waals surface area contributed by atoms with E-state index in [-0.39, 0.29) is 0 Å². The maximum absolute atomic E-state index is 5.65. The van der Waals surface area contributed by atoms with Gasteiger partial charge in [0.2, 0.25) is 0 Å². The number of anilines is 2. The summed E-state index contributed by atoms with van der Waals surface area (Å²) in [4.78, 5) is 0. The summed E-state index contributed by atoms with van der Waals surface area (Å²) in [5, 5.41) is 4.32. The van der Waals surface area contributed by atoms with Crippen LogP contribution in [0.15, 0.2) is 0 Å². The molecule has 0 bridgehead atoms. The van der Waals surface area contributed by atoms with Gasteiger partial charge in [0.25, 0.3) is 0 Å². The van der Waals surface area contributed by atoms with Gasteiger partial charge >= 0.3 is 0 Å².